The number of hydrogen-bond donors (Lipinski definition) is 3. The van der Waals surface area contributed by atoms with Crippen LogP contribution >= 0.6 is 12.6 Å². The van der Waals surface area contributed by atoms with Crippen molar-refractivity contribution >= 4 is 24.2 Å². The van der Waals surface area contributed by atoms with Crippen LogP contribution in [0.4, 0.5) is 0 Å². The normalized spacial score (nSPS) is 15.8. The largest absolute Gasteiger partial charge is 0.390 e. The zero-order chi connectivity index (χ0) is 16.6. The number of rotatable bonds is 4. The first-order chi connectivity index (χ1) is 11.0. The predicted octanol–water partition coefficient (Wildman–Crippen LogP) is 2.45. The molecule has 4 nitrogen and oxygen atoms in total. The van der Waals surface area contributed by atoms with Gasteiger partial charge in [-0.2, -0.15) is 12.6 Å². The van der Waals surface area contributed by atoms with Gasteiger partial charge in [0, 0.05) is 11.1 Å². The molecule has 0 bridgehead atoms. The Bertz CT molecular complexity index is 784. The Hall–Kier alpha value is -1.95. The molecule has 0 fully saturated rings. The molecule has 2 unspecified atom stereocenters. The van der Waals surface area contributed by atoms with Gasteiger partial charge >= 0.3 is 0 Å². The minimum Gasteiger partial charge on any atom is -0.390 e. The van der Waals surface area contributed by atoms with E-state index in [0.717, 1.165) is 0 Å². The fourth-order valence-electron chi connectivity index (χ4n) is 2.84. The molecule has 0 radical (unpaired) electrons. The quantitative estimate of drug-likeness (QED) is 0.595. The van der Waals surface area contributed by atoms with Crippen LogP contribution in [0.5, 0.6) is 0 Å². The molecule has 0 aromatic heterocycles. The molecule has 5 heteroatoms. The van der Waals surface area contributed by atoms with Crippen LogP contribution in [0.3, 0.4) is 0 Å². The van der Waals surface area contributed by atoms with Crippen molar-refractivity contribution in [2.45, 2.75) is 18.6 Å². The summed E-state index contributed by atoms with van der Waals surface area (Å²) in [6.07, 6.45) is -1.64. The summed E-state index contributed by atoms with van der Waals surface area (Å²) in [5, 5.41) is 20.2. The highest BCUT2D eigenvalue weighted by Gasteiger charge is 2.31. The third kappa shape index (κ3) is 2.72. The number of aliphatic hydroxyl groups excluding tert-OH is 2. The molecule has 2 aromatic carbocycles. The number of aliphatic hydroxyl groups is 2. The van der Waals surface area contributed by atoms with Crippen molar-refractivity contribution < 1.29 is 19.8 Å². The summed E-state index contributed by atoms with van der Waals surface area (Å²) >= 11 is 4.05. The van der Waals surface area contributed by atoms with E-state index in [2.05, 4.69) is 12.6 Å². The predicted molar refractivity (Wildman–Crippen MR) is 90.0 cm³/mol. The van der Waals surface area contributed by atoms with Gasteiger partial charge in [-0.1, -0.05) is 30.3 Å². The van der Waals surface area contributed by atoms with E-state index < -0.39 is 23.8 Å². The van der Waals surface area contributed by atoms with E-state index >= 15 is 0 Å². The molecule has 2 N–H and O–H groups in total. The van der Waals surface area contributed by atoms with Crippen molar-refractivity contribution in [2.75, 3.05) is 5.75 Å². The van der Waals surface area contributed by atoms with Gasteiger partial charge in [0.2, 0.25) is 11.6 Å². The lowest BCUT2D eigenvalue weighted by Crippen LogP contribution is -2.22. The van der Waals surface area contributed by atoms with E-state index in [0.29, 0.717) is 40.0 Å². The van der Waals surface area contributed by atoms with Crippen LogP contribution < -0.4 is 0 Å². The molecule has 0 amide bonds. The van der Waals surface area contributed by atoms with Gasteiger partial charge in [-0.15, -0.1) is 0 Å². The van der Waals surface area contributed by atoms with Gasteiger partial charge in [0.15, 0.2) is 0 Å². The first-order valence-corrected chi connectivity index (χ1v) is 7.97. The smallest absolute Gasteiger partial charge is 0.234 e. The highest BCUT2D eigenvalue weighted by Crippen LogP contribution is 2.35. The fourth-order valence-corrected chi connectivity index (χ4v) is 3.10. The molecule has 0 saturated heterocycles. The fraction of sp³-hybridized carbons (Fsp3) is 0.222. The Labute approximate surface area is 139 Å². The van der Waals surface area contributed by atoms with E-state index in [4.69, 9.17) is 0 Å². The summed E-state index contributed by atoms with van der Waals surface area (Å²) in [5.74, 6) is -0.605. The molecule has 2 atom stereocenters. The van der Waals surface area contributed by atoms with Crippen molar-refractivity contribution in [2.24, 2.45) is 0 Å². The summed E-state index contributed by atoms with van der Waals surface area (Å²) in [7, 11) is 0. The zero-order valence-corrected chi connectivity index (χ0v) is 13.2. The number of thiol groups is 1. The number of fused-ring (bicyclic) bond motifs is 3. The Morgan fingerprint density at radius 2 is 1.48 bits per heavy atom. The molecule has 0 saturated carbocycles. The lowest BCUT2D eigenvalue weighted by molar-refractivity contribution is 0.0172. The third-order valence-corrected chi connectivity index (χ3v) is 4.35. The molecular weight excluding hydrogens is 312 g/mol. The van der Waals surface area contributed by atoms with Gasteiger partial charge < -0.3 is 10.2 Å². The average molecular weight is 328 g/mol. The van der Waals surface area contributed by atoms with Gasteiger partial charge in [0.05, 0.1) is 6.10 Å². The van der Waals surface area contributed by atoms with Crippen LogP contribution in [0.1, 0.15) is 38.8 Å². The molecular formula is C18H16O4S. The van der Waals surface area contributed by atoms with Gasteiger partial charge in [-0.25, -0.2) is 0 Å². The second kappa shape index (κ2) is 6.28. The first-order valence-electron chi connectivity index (χ1n) is 7.34. The third-order valence-electron chi connectivity index (χ3n) is 4.09. The summed E-state index contributed by atoms with van der Waals surface area (Å²) in [6, 6.07) is 11.7. The summed E-state index contributed by atoms with van der Waals surface area (Å²) in [5.41, 5.74) is 2.49. The van der Waals surface area contributed by atoms with Crippen molar-refractivity contribution in [3.8, 4) is 11.1 Å². The van der Waals surface area contributed by atoms with Crippen LogP contribution in [0, 0.1) is 0 Å². The maximum Gasteiger partial charge on any atom is 0.234 e. The number of benzene rings is 2. The Kier molecular flexibility index (Phi) is 4.35. The molecule has 3 rings (SSSR count). The van der Waals surface area contributed by atoms with Crippen molar-refractivity contribution in [1.82, 2.24) is 0 Å². The van der Waals surface area contributed by atoms with E-state index in [-0.39, 0.29) is 0 Å². The number of Topliss-reactive ketones (excluding diaryl/α,β-unsaturated/α-hetero) is 2. The first kappa shape index (κ1) is 15.9. The molecule has 118 valence electrons. The van der Waals surface area contributed by atoms with Gasteiger partial charge in [-0.05, 0) is 41.0 Å². The topological polar surface area (TPSA) is 74.6 Å². The summed E-state index contributed by atoms with van der Waals surface area (Å²) < 4.78 is 0. The molecule has 1 aliphatic rings. The van der Waals surface area contributed by atoms with E-state index in [1.165, 1.54) is 6.07 Å². The Morgan fingerprint density at radius 1 is 0.870 bits per heavy atom. The van der Waals surface area contributed by atoms with Crippen LogP contribution in [-0.2, 0) is 0 Å². The van der Waals surface area contributed by atoms with Gasteiger partial charge in [0.1, 0.15) is 6.10 Å². The lowest BCUT2D eigenvalue weighted by atomic mass is 9.82. The lowest BCUT2D eigenvalue weighted by Gasteiger charge is -2.22. The number of carbonyl (C=O) groups is 2. The summed E-state index contributed by atoms with van der Waals surface area (Å²) in [4.78, 5) is 24.4. The number of hydrogen-bond acceptors (Lipinski definition) is 5. The second-order valence-electron chi connectivity index (χ2n) is 5.53. The average Bonchev–Trinajstić information content (AvgIpc) is 2.58. The van der Waals surface area contributed by atoms with Crippen molar-refractivity contribution in [3.63, 3.8) is 0 Å². The van der Waals surface area contributed by atoms with E-state index in [1.54, 1.807) is 36.4 Å². The standard InChI is InChI=1S/C18H16O4S/c19-15(7-8-23)16(20)10-5-6-13-14(9-10)11-3-1-2-4-12(11)17(21)18(13)22/h1-6,9,15-16,19-20,23H,7-8H2. The van der Waals surface area contributed by atoms with Gasteiger partial charge in [-0.3, -0.25) is 9.59 Å². The van der Waals surface area contributed by atoms with E-state index in [9.17, 15) is 19.8 Å². The minimum absolute atomic E-state index is 0.327. The molecule has 0 aliphatic heterocycles. The number of ketones is 2. The van der Waals surface area contributed by atoms with Gasteiger partial charge in [0.25, 0.3) is 0 Å². The minimum atomic E-state index is -1.06. The highest BCUT2D eigenvalue weighted by molar-refractivity contribution is 7.80. The zero-order valence-electron chi connectivity index (χ0n) is 12.3. The van der Waals surface area contributed by atoms with Crippen LogP contribution in [0.2, 0.25) is 0 Å². The van der Waals surface area contributed by atoms with Crippen molar-refractivity contribution in [1.29, 1.82) is 0 Å². The summed E-state index contributed by atoms with van der Waals surface area (Å²) in [6.45, 7) is 0. The number of carbonyl (C=O) groups excluding carboxylic acids is 2. The molecule has 23 heavy (non-hydrogen) atoms. The monoisotopic (exact) mass is 328 g/mol. The second-order valence-corrected chi connectivity index (χ2v) is 5.98. The SMILES string of the molecule is O=C1C(=O)c2ccc(C(O)C(O)CCS)cc2-c2ccccc21. The Morgan fingerprint density at radius 3 is 2.13 bits per heavy atom. The Balaban J connectivity index is 2.10. The van der Waals surface area contributed by atoms with Crippen LogP contribution in [0.25, 0.3) is 11.1 Å². The highest BCUT2D eigenvalue weighted by atomic mass is 32.1. The van der Waals surface area contributed by atoms with Crippen LogP contribution in [-0.4, -0.2) is 33.6 Å². The van der Waals surface area contributed by atoms with Crippen LogP contribution in [0.15, 0.2) is 42.5 Å². The molecule has 2 aromatic rings. The molecule has 1 aliphatic carbocycles. The van der Waals surface area contributed by atoms with Crippen molar-refractivity contribution in [3.05, 3.63) is 59.2 Å². The molecule has 0 heterocycles. The maximum atomic E-state index is 12.2. The van der Waals surface area contributed by atoms with E-state index in [1.807, 2.05) is 0 Å². The molecule has 0 spiro atoms. The maximum absolute atomic E-state index is 12.2.